The Morgan fingerprint density at radius 2 is 1.81 bits per heavy atom. The van der Waals surface area contributed by atoms with Crippen molar-refractivity contribution in [3.05, 3.63) is 71.5 Å². The van der Waals surface area contributed by atoms with E-state index >= 15 is 0 Å². The quantitative estimate of drug-likeness (QED) is 0.734. The SMILES string of the molecule is N#Cc1ccccc1Oc1nc(Cc2ccccc2)ns1. The van der Waals surface area contributed by atoms with Crippen LogP contribution in [0.15, 0.2) is 54.6 Å². The standard InChI is InChI=1S/C16H11N3OS/c17-11-13-8-4-5-9-14(13)20-16-18-15(19-21-16)10-12-6-2-1-3-7-12/h1-9H,10H2. The van der Waals surface area contributed by atoms with Gasteiger partial charge in [0.1, 0.15) is 11.8 Å². The molecule has 0 fully saturated rings. The topological polar surface area (TPSA) is 58.8 Å². The summed E-state index contributed by atoms with van der Waals surface area (Å²) in [7, 11) is 0. The van der Waals surface area contributed by atoms with Crippen molar-refractivity contribution in [1.29, 1.82) is 5.26 Å². The number of hydrogen-bond acceptors (Lipinski definition) is 5. The van der Waals surface area contributed by atoms with Gasteiger partial charge in [0.2, 0.25) is 0 Å². The average Bonchev–Trinajstić information content (AvgIpc) is 2.96. The zero-order valence-corrected chi connectivity index (χ0v) is 11.9. The van der Waals surface area contributed by atoms with Crippen LogP contribution in [-0.4, -0.2) is 9.36 Å². The van der Waals surface area contributed by atoms with Gasteiger partial charge in [0.25, 0.3) is 5.19 Å². The Labute approximate surface area is 126 Å². The molecule has 0 aliphatic carbocycles. The second-order valence-electron chi connectivity index (χ2n) is 4.35. The highest BCUT2D eigenvalue weighted by molar-refractivity contribution is 7.07. The molecule has 0 saturated heterocycles. The summed E-state index contributed by atoms with van der Waals surface area (Å²) < 4.78 is 9.93. The van der Waals surface area contributed by atoms with Crippen LogP contribution in [0.1, 0.15) is 17.0 Å². The Morgan fingerprint density at radius 3 is 2.62 bits per heavy atom. The predicted molar refractivity (Wildman–Crippen MR) is 80.4 cm³/mol. The molecule has 5 heteroatoms. The second kappa shape index (κ2) is 6.16. The minimum atomic E-state index is 0.448. The van der Waals surface area contributed by atoms with Gasteiger partial charge in [-0.25, -0.2) is 0 Å². The lowest BCUT2D eigenvalue weighted by Crippen LogP contribution is -1.91. The highest BCUT2D eigenvalue weighted by Gasteiger charge is 2.09. The maximum absolute atomic E-state index is 9.03. The van der Waals surface area contributed by atoms with E-state index in [2.05, 4.69) is 15.4 Å². The van der Waals surface area contributed by atoms with Gasteiger partial charge < -0.3 is 4.74 Å². The van der Waals surface area contributed by atoms with Crippen LogP contribution in [0, 0.1) is 11.3 Å². The average molecular weight is 293 g/mol. The monoisotopic (exact) mass is 293 g/mol. The molecule has 1 aromatic heterocycles. The number of para-hydroxylation sites is 1. The summed E-state index contributed by atoms with van der Waals surface area (Å²) in [6.07, 6.45) is 0.667. The zero-order chi connectivity index (χ0) is 14.5. The third kappa shape index (κ3) is 3.25. The van der Waals surface area contributed by atoms with Crippen LogP contribution in [0.2, 0.25) is 0 Å². The smallest absolute Gasteiger partial charge is 0.298 e. The lowest BCUT2D eigenvalue weighted by Gasteiger charge is -2.02. The van der Waals surface area contributed by atoms with E-state index in [0.29, 0.717) is 22.9 Å². The van der Waals surface area contributed by atoms with E-state index in [1.165, 1.54) is 11.5 Å². The maximum atomic E-state index is 9.03. The van der Waals surface area contributed by atoms with Gasteiger partial charge in [-0.05, 0) is 17.7 Å². The van der Waals surface area contributed by atoms with Gasteiger partial charge in [-0.1, -0.05) is 42.5 Å². The lowest BCUT2D eigenvalue weighted by molar-refractivity contribution is 0.476. The summed E-state index contributed by atoms with van der Waals surface area (Å²) in [6.45, 7) is 0. The molecular formula is C16H11N3OS. The Kier molecular flexibility index (Phi) is 3.90. The molecule has 0 saturated carbocycles. The molecule has 0 spiro atoms. The Morgan fingerprint density at radius 1 is 1.05 bits per heavy atom. The molecule has 0 radical (unpaired) electrons. The zero-order valence-electron chi connectivity index (χ0n) is 11.1. The Balaban J connectivity index is 1.75. The molecule has 2 aromatic carbocycles. The molecule has 0 bridgehead atoms. The number of nitriles is 1. The first-order valence-corrected chi connectivity index (χ1v) is 7.16. The molecule has 0 amide bonds. The van der Waals surface area contributed by atoms with Crippen LogP contribution in [-0.2, 0) is 6.42 Å². The van der Waals surface area contributed by atoms with E-state index in [0.717, 1.165) is 11.4 Å². The largest absolute Gasteiger partial charge is 0.428 e. The molecule has 3 rings (SSSR count). The molecule has 3 aromatic rings. The van der Waals surface area contributed by atoms with Crippen molar-refractivity contribution >= 4 is 11.5 Å². The highest BCUT2D eigenvalue weighted by Crippen LogP contribution is 2.26. The molecule has 0 aliphatic rings. The maximum Gasteiger partial charge on any atom is 0.298 e. The van der Waals surface area contributed by atoms with Crippen molar-refractivity contribution in [2.45, 2.75) is 6.42 Å². The van der Waals surface area contributed by atoms with Crippen molar-refractivity contribution in [1.82, 2.24) is 9.36 Å². The lowest BCUT2D eigenvalue weighted by atomic mass is 10.1. The van der Waals surface area contributed by atoms with Gasteiger partial charge in [-0.15, -0.1) is 0 Å². The van der Waals surface area contributed by atoms with Crippen LogP contribution >= 0.6 is 11.5 Å². The highest BCUT2D eigenvalue weighted by atomic mass is 32.1. The minimum absolute atomic E-state index is 0.448. The number of nitrogens with zero attached hydrogens (tertiary/aromatic N) is 3. The van der Waals surface area contributed by atoms with Crippen LogP contribution in [0.5, 0.6) is 10.9 Å². The van der Waals surface area contributed by atoms with Crippen molar-refractivity contribution in [3.63, 3.8) is 0 Å². The van der Waals surface area contributed by atoms with Crippen molar-refractivity contribution in [2.24, 2.45) is 0 Å². The van der Waals surface area contributed by atoms with E-state index in [1.54, 1.807) is 18.2 Å². The van der Waals surface area contributed by atoms with E-state index in [4.69, 9.17) is 10.00 Å². The summed E-state index contributed by atoms with van der Waals surface area (Å²) in [5.74, 6) is 1.22. The Bertz CT molecular complexity index is 777. The van der Waals surface area contributed by atoms with Crippen LogP contribution in [0.25, 0.3) is 0 Å². The third-order valence-electron chi connectivity index (χ3n) is 2.86. The number of ether oxygens (including phenoxy) is 1. The number of hydrogen-bond donors (Lipinski definition) is 0. The minimum Gasteiger partial charge on any atom is -0.428 e. The third-order valence-corrected chi connectivity index (χ3v) is 3.49. The van der Waals surface area contributed by atoms with Gasteiger partial charge in [-0.2, -0.15) is 14.6 Å². The molecule has 21 heavy (non-hydrogen) atoms. The second-order valence-corrected chi connectivity index (χ2v) is 5.06. The normalized spacial score (nSPS) is 10.0. The van der Waals surface area contributed by atoms with Gasteiger partial charge in [0, 0.05) is 18.0 Å². The molecule has 0 aliphatic heterocycles. The fourth-order valence-electron chi connectivity index (χ4n) is 1.87. The van der Waals surface area contributed by atoms with Crippen molar-refractivity contribution in [2.75, 3.05) is 0 Å². The molecule has 4 nitrogen and oxygen atoms in total. The molecule has 1 heterocycles. The van der Waals surface area contributed by atoms with Gasteiger partial charge in [0.05, 0.1) is 5.56 Å². The molecule has 0 N–H and O–H groups in total. The van der Waals surface area contributed by atoms with Crippen molar-refractivity contribution < 1.29 is 4.74 Å². The fraction of sp³-hybridized carbons (Fsp3) is 0.0625. The van der Waals surface area contributed by atoms with Gasteiger partial charge >= 0.3 is 0 Å². The van der Waals surface area contributed by atoms with E-state index in [-0.39, 0.29) is 0 Å². The van der Waals surface area contributed by atoms with Crippen LogP contribution < -0.4 is 4.74 Å². The number of rotatable bonds is 4. The van der Waals surface area contributed by atoms with Crippen LogP contribution in [0.4, 0.5) is 0 Å². The van der Waals surface area contributed by atoms with Gasteiger partial charge in [-0.3, -0.25) is 0 Å². The number of aromatic nitrogens is 2. The molecular weight excluding hydrogens is 282 g/mol. The summed E-state index contributed by atoms with van der Waals surface area (Å²) >= 11 is 1.19. The van der Waals surface area contributed by atoms with Crippen LogP contribution in [0.3, 0.4) is 0 Å². The summed E-state index contributed by atoms with van der Waals surface area (Å²) in [6, 6.07) is 19.2. The number of benzene rings is 2. The first kappa shape index (κ1) is 13.3. The fourth-order valence-corrected chi connectivity index (χ4v) is 2.43. The molecule has 0 atom stereocenters. The first-order valence-electron chi connectivity index (χ1n) is 6.38. The first-order chi connectivity index (χ1) is 10.3. The van der Waals surface area contributed by atoms with E-state index < -0.39 is 0 Å². The summed E-state index contributed by atoms with van der Waals surface area (Å²) in [5.41, 5.74) is 1.64. The van der Waals surface area contributed by atoms with E-state index in [9.17, 15) is 0 Å². The van der Waals surface area contributed by atoms with Gasteiger partial charge in [0.15, 0.2) is 5.82 Å². The summed E-state index contributed by atoms with van der Waals surface area (Å²) in [4.78, 5) is 4.35. The Hall–Kier alpha value is -2.71. The van der Waals surface area contributed by atoms with Crippen molar-refractivity contribution in [3.8, 4) is 17.0 Å². The predicted octanol–water partition coefficient (Wildman–Crippen LogP) is 3.79. The van der Waals surface area contributed by atoms with E-state index in [1.807, 2.05) is 36.4 Å². The molecule has 0 unspecified atom stereocenters. The molecule has 102 valence electrons. The summed E-state index contributed by atoms with van der Waals surface area (Å²) in [5, 5.41) is 9.48.